The number of ether oxygens (including phenoxy) is 1. The molecule has 1 aliphatic heterocycles. The number of hydrogen-bond donors (Lipinski definition) is 2. The van der Waals surface area contributed by atoms with Gasteiger partial charge in [-0.05, 0) is 42.8 Å². The molecule has 4 rings (SSSR count). The molecule has 1 aliphatic carbocycles. The molecule has 0 unspecified atom stereocenters. The van der Waals surface area contributed by atoms with Crippen molar-refractivity contribution in [2.45, 2.75) is 29.7 Å². The van der Waals surface area contributed by atoms with E-state index in [9.17, 15) is 18.3 Å². The quantitative estimate of drug-likeness (QED) is 0.624. The van der Waals surface area contributed by atoms with Crippen LogP contribution in [-0.4, -0.2) is 34.7 Å². The van der Waals surface area contributed by atoms with E-state index < -0.39 is 34.6 Å². The highest BCUT2D eigenvalue weighted by atomic mass is 79.9. The average molecular weight is 501 g/mol. The molecule has 160 valence electrons. The summed E-state index contributed by atoms with van der Waals surface area (Å²) < 4.78 is 48.6. The van der Waals surface area contributed by atoms with Crippen molar-refractivity contribution in [3.05, 3.63) is 63.9 Å². The fourth-order valence-electron chi connectivity index (χ4n) is 4.19. The lowest BCUT2D eigenvalue weighted by molar-refractivity contribution is 0.0660. The predicted octanol–water partition coefficient (Wildman–Crippen LogP) is 4.70. The van der Waals surface area contributed by atoms with Crippen LogP contribution < -0.4 is 10.1 Å². The van der Waals surface area contributed by atoms with Crippen molar-refractivity contribution in [3.8, 4) is 5.75 Å². The molecule has 9 heteroatoms. The predicted molar refractivity (Wildman–Crippen MR) is 115 cm³/mol. The topological polar surface area (TPSA) is 53.8 Å². The molecule has 2 N–H and O–H groups in total. The molecule has 0 aromatic heterocycles. The molecule has 3 atom stereocenters. The van der Waals surface area contributed by atoms with Crippen molar-refractivity contribution in [1.29, 1.82) is 0 Å². The molecule has 2 aromatic carbocycles. The molecular weight excluding hydrogens is 481 g/mol. The Morgan fingerprint density at radius 3 is 2.57 bits per heavy atom. The van der Waals surface area contributed by atoms with Gasteiger partial charge in [-0.25, -0.2) is 13.2 Å². The summed E-state index contributed by atoms with van der Waals surface area (Å²) >= 11 is 4.12. The first-order valence-corrected chi connectivity index (χ1v) is 10.9. The van der Waals surface area contributed by atoms with Gasteiger partial charge in [0.05, 0.1) is 31.7 Å². The summed E-state index contributed by atoms with van der Waals surface area (Å²) in [5.41, 5.74) is -0.470. The van der Waals surface area contributed by atoms with Crippen LogP contribution in [0.4, 0.5) is 13.2 Å². The van der Waals surface area contributed by atoms with Gasteiger partial charge >= 0.3 is 0 Å². The van der Waals surface area contributed by atoms with Gasteiger partial charge in [0.15, 0.2) is 5.17 Å². The van der Waals surface area contributed by atoms with Crippen LogP contribution in [-0.2, 0) is 12.1 Å². The maximum atomic E-state index is 15.0. The molecule has 2 aromatic rings. The van der Waals surface area contributed by atoms with Crippen LogP contribution in [0.1, 0.15) is 18.1 Å². The van der Waals surface area contributed by atoms with Gasteiger partial charge in [-0.15, -0.1) is 0 Å². The van der Waals surface area contributed by atoms with Crippen molar-refractivity contribution in [2.75, 3.05) is 13.7 Å². The highest BCUT2D eigenvalue weighted by Gasteiger charge is 2.88. The van der Waals surface area contributed by atoms with Gasteiger partial charge in [0.25, 0.3) is 5.92 Å². The number of nitrogens with one attached hydrogen (secondary N) is 1. The first-order valence-electron chi connectivity index (χ1n) is 9.27. The van der Waals surface area contributed by atoms with E-state index in [1.165, 1.54) is 25.1 Å². The Bertz CT molecular complexity index is 1000. The molecule has 0 bridgehead atoms. The normalized spacial score (nSPS) is 30.5. The van der Waals surface area contributed by atoms with Gasteiger partial charge in [-0.3, -0.25) is 4.99 Å². The summed E-state index contributed by atoms with van der Waals surface area (Å²) in [5.74, 6) is -4.35. The monoisotopic (exact) mass is 500 g/mol. The summed E-state index contributed by atoms with van der Waals surface area (Å²) in [6.45, 7) is 1.05. The highest BCUT2D eigenvalue weighted by Crippen LogP contribution is 2.73. The number of aliphatic hydroxyl groups excluding tert-OH is 1. The Balaban J connectivity index is 1.71. The number of nitrogens with zero attached hydrogens (tertiary/aromatic N) is 1. The van der Waals surface area contributed by atoms with Gasteiger partial charge in [0.1, 0.15) is 16.3 Å². The van der Waals surface area contributed by atoms with Crippen LogP contribution in [0.15, 0.2) is 51.9 Å². The third-order valence-electron chi connectivity index (χ3n) is 5.82. The summed E-state index contributed by atoms with van der Waals surface area (Å²) in [7, 11) is 1.57. The van der Waals surface area contributed by atoms with Crippen molar-refractivity contribution in [1.82, 2.24) is 5.32 Å². The molecule has 2 aliphatic rings. The smallest absolute Gasteiger partial charge is 0.272 e. The lowest BCUT2D eigenvalue weighted by Crippen LogP contribution is -2.51. The van der Waals surface area contributed by atoms with Crippen molar-refractivity contribution >= 4 is 32.9 Å². The van der Waals surface area contributed by atoms with Crippen molar-refractivity contribution in [2.24, 2.45) is 10.9 Å². The summed E-state index contributed by atoms with van der Waals surface area (Å²) in [6, 6.07) is 11.5. The van der Waals surface area contributed by atoms with Crippen LogP contribution >= 0.6 is 27.7 Å². The van der Waals surface area contributed by atoms with E-state index in [0.717, 1.165) is 17.3 Å². The van der Waals surface area contributed by atoms with E-state index >= 15 is 0 Å². The largest absolute Gasteiger partial charge is 0.497 e. The molecule has 0 spiro atoms. The van der Waals surface area contributed by atoms with Crippen LogP contribution in [0.5, 0.6) is 5.75 Å². The first kappa shape index (κ1) is 21.5. The number of thioether (sulfide) groups is 1. The van der Waals surface area contributed by atoms with E-state index in [4.69, 9.17) is 4.74 Å². The number of rotatable bonds is 5. The number of halogens is 4. The highest BCUT2D eigenvalue weighted by molar-refractivity contribution is 9.10. The molecule has 1 heterocycles. The van der Waals surface area contributed by atoms with Crippen LogP contribution in [0.2, 0.25) is 0 Å². The Kier molecular flexibility index (Phi) is 5.35. The zero-order valence-electron chi connectivity index (χ0n) is 16.3. The van der Waals surface area contributed by atoms with Crippen molar-refractivity contribution in [3.63, 3.8) is 0 Å². The van der Waals surface area contributed by atoms with Gasteiger partial charge in [-0.1, -0.05) is 39.8 Å². The summed E-state index contributed by atoms with van der Waals surface area (Å²) in [6.07, 6.45) is 0. The first-order chi connectivity index (χ1) is 14.2. The van der Waals surface area contributed by atoms with E-state index in [1.807, 2.05) is 12.1 Å². The Morgan fingerprint density at radius 2 is 1.93 bits per heavy atom. The molecule has 0 radical (unpaired) electrons. The van der Waals surface area contributed by atoms with Crippen LogP contribution in [0.3, 0.4) is 0 Å². The maximum absolute atomic E-state index is 15.0. The third-order valence-corrected chi connectivity index (χ3v) is 7.74. The third kappa shape index (κ3) is 3.22. The number of alkyl halides is 2. The fraction of sp³-hybridized carbons (Fsp3) is 0.381. The van der Waals surface area contributed by atoms with Gasteiger partial charge in [0.2, 0.25) is 0 Å². The fourth-order valence-corrected chi connectivity index (χ4v) is 6.05. The van der Waals surface area contributed by atoms with E-state index in [1.54, 1.807) is 19.2 Å². The van der Waals surface area contributed by atoms with Crippen molar-refractivity contribution < 1.29 is 23.0 Å². The van der Waals surface area contributed by atoms with Gasteiger partial charge in [0, 0.05) is 10.0 Å². The number of amidine groups is 1. The minimum absolute atomic E-state index is 0.106. The molecule has 4 nitrogen and oxygen atoms in total. The zero-order valence-corrected chi connectivity index (χ0v) is 18.7. The Hall–Kier alpha value is -1.71. The number of fused-ring (bicyclic) bond motifs is 1. The number of hydrogen-bond acceptors (Lipinski definition) is 4. The second-order valence-corrected chi connectivity index (χ2v) is 9.86. The molecule has 1 saturated carbocycles. The van der Waals surface area contributed by atoms with Gasteiger partial charge < -0.3 is 15.2 Å². The maximum Gasteiger partial charge on any atom is 0.272 e. The molecule has 30 heavy (non-hydrogen) atoms. The van der Waals surface area contributed by atoms with E-state index in [0.29, 0.717) is 10.2 Å². The Morgan fingerprint density at radius 1 is 1.23 bits per heavy atom. The minimum atomic E-state index is -3.18. The average Bonchev–Trinajstić information content (AvgIpc) is 3.25. The molecule has 2 fully saturated rings. The number of benzene rings is 2. The lowest BCUT2D eigenvalue weighted by Gasteiger charge is -2.38. The Labute approximate surface area is 185 Å². The zero-order chi connectivity index (χ0) is 21.7. The summed E-state index contributed by atoms with van der Waals surface area (Å²) in [5, 5.41) is 13.2. The molecular formula is C21H20BrF3N2O2S. The lowest BCUT2D eigenvalue weighted by atomic mass is 9.85. The number of aliphatic hydroxyl groups is 1. The number of aliphatic imine (C=N–C) groups is 1. The van der Waals surface area contributed by atoms with Crippen LogP contribution in [0, 0.1) is 11.7 Å². The van der Waals surface area contributed by atoms with Gasteiger partial charge in [-0.2, -0.15) is 0 Å². The second kappa shape index (κ2) is 7.46. The van der Waals surface area contributed by atoms with Crippen LogP contribution in [0.25, 0.3) is 0 Å². The van der Waals surface area contributed by atoms with E-state index in [2.05, 4.69) is 26.2 Å². The number of methoxy groups -OCH3 is 1. The molecule has 1 saturated heterocycles. The minimum Gasteiger partial charge on any atom is -0.497 e. The molecule has 0 amide bonds. The second-order valence-electron chi connectivity index (χ2n) is 7.63. The standard InChI is InChI=1S/C21H20BrF3N2O2S/c1-19(15-9-13(22)5-8-16(15)23)17-20(11-28,21(17,24)25)30-18(27-19)26-10-12-3-6-14(29-2)7-4-12/h3-9,17,28H,10-11H2,1-2H3,(H,26,27)/t17-,19+,20+/m0/s1. The SMILES string of the molecule is COc1ccc(CN=C2N[C@](C)(c3cc(Br)ccc3F)[C@@H]3C(F)(F)[C@]3(CO)S2)cc1. The summed E-state index contributed by atoms with van der Waals surface area (Å²) in [4.78, 5) is 4.47. The van der Waals surface area contributed by atoms with E-state index in [-0.39, 0.29) is 17.3 Å².